The summed E-state index contributed by atoms with van der Waals surface area (Å²) in [5.41, 5.74) is 4.29. The molecule has 7 nitrogen and oxygen atoms in total. The molecule has 1 aliphatic heterocycles. The van der Waals surface area contributed by atoms with E-state index in [0.29, 0.717) is 17.9 Å². The molecular weight excluding hydrogens is 428 g/mol. The number of carbonyl (C=O) groups excluding carboxylic acids is 3. The van der Waals surface area contributed by atoms with Crippen molar-refractivity contribution in [3.05, 3.63) is 90.0 Å². The number of aryl methyl sites for hydroxylation is 2. The van der Waals surface area contributed by atoms with E-state index in [1.807, 2.05) is 67.6 Å². The van der Waals surface area contributed by atoms with Crippen molar-refractivity contribution in [3.8, 4) is 0 Å². The number of para-hydroxylation sites is 2. The van der Waals surface area contributed by atoms with Gasteiger partial charge in [-0.1, -0.05) is 48.5 Å². The Hall–Kier alpha value is -4.13. The van der Waals surface area contributed by atoms with Crippen LogP contribution in [0.1, 0.15) is 17.5 Å². The summed E-state index contributed by atoms with van der Waals surface area (Å²) in [6.45, 7) is 2.20. The molecular formula is C27H28N4O3. The summed E-state index contributed by atoms with van der Waals surface area (Å²) in [5.74, 6) is -0.530. The molecule has 3 aromatic rings. The first-order valence-electron chi connectivity index (χ1n) is 11.4. The van der Waals surface area contributed by atoms with Crippen molar-refractivity contribution in [1.29, 1.82) is 0 Å². The highest BCUT2D eigenvalue weighted by Crippen LogP contribution is 2.27. The first-order chi connectivity index (χ1) is 16.5. The lowest BCUT2D eigenvalue weighted by atomic mass is 10.0. The van der Waals surface area contributed by atoms with Crippen LogP contribution in [-0.2, 0) is 16.0 Å². The molecule has 0 atom stereocenters. The molecule has 0 saturated heterocycles. The molecule has 4 rings (SSSR count). The molecule has 1 aliphatic rings. The molecule has 0 fully saturated rings. The molecule has 3 aromatic carbocycles. The summed E-state index contributed by atoms with van der Waals surface area (Å²) in [6, 6.07) is 23.8. The molecule has 0 saturated carbocycles. The third-order valence-corrected chi connectivity index (χ3v) is 5.75. The molecule has 34 heavy (non-hydrogen) atoms. The van der Waals surface area contributed by atoms with E-state index in [4.69, 9.17) is 0 Å². The van der Waals surface area contributed by atoms with Crippen LogP contribution in [0.25, 0.3) is 0 Å². The summed E-state index contributed by atoms with van der Waals surface area (Å²) < 4.78 is 0. The van der Waals surface area contributed by atoms with Crippen molar-refractivity contribution in [2.24, 2.45) is 0 Å². The molecule has 0 aromatic heterocycles. The van der Waals surface area contributed by atoms with Gasteiger partial charge in [-0.25, -0.2) is 4.79 Å². The number of urea groups is 1. The summed E-state index contributed by atoms with van der Waals surface area (Å²) >= 11 is 0. The SMILES string of the molecule is Cc1cccc(NC(=O)NCC(=O)N(CC(=O)N2CCCc3ccccc32)c2ccccc2)c1. The lowest BCUT2D eigenvalue weighted by Gasteiger charge is -2.32. The number of hydrogen-bond donors (Lipinski definition) is 2. The van der Waals surface area contributed by atoms with Crippen LogP contribution in [0.2, 0.25) is 0 Å². The lowest BCUT2D eigenvalue weighted by molar-refractivity contribution is -0.122. The van der Waals surface area contributed by atoms with Gasteiger partial charge in [0.25, 0.3) is 0 Å². The zero-order chi connectivity index (χ0) is 23.9. The number of rotatable bonds is 6. The molecule has 2 N–H and O–H groups in total. The van der Waals surface area contributed by atoms with Gasteiger partial charge in [-0.05, 0) is 61.2 Å². The fourth-order valence-corrected chi connectivity index (χ4v) is 4.09. The summed E-state index contributed by atoms with van der Waals surface area (Å²) in [5, 5.41) is 5.33. The molecule has 0 unspecified atom stereocenters. The van der Waals surface area contributed by atoms with Crippen LogP contribution in [0, 0.1) is 6.92 Å². The van der Waals surface area contributed by atoms with E-state index in [1.54, 1.807) is 23.1 Å². The maximum atomic E-state index is 13.3. The van der Waals surface area contributed by atoms with Crippen LogP contribution in [0.3, 0.4) is 0 Å². The van der Waals surface area contributed by atoms with Gasteiger partial charge in [0.05, 0.1) is 6.54 Å². The maximum absolute atomic E-state index is 13.3. The van der Waals surface area contributed by atoms with Gasteiger partial charge in [-0.3, -0.25) is 9.59 Å². The Morgan fingerprint density at radius 2 is 1.71 bits per heavy atom. The average Bonchev–Trinajstić information content (AvgIpc) is 2.86. The largest absolute Gasteiger partial charge is 0.329 e. The van der Waals surface area contributed by atoms with Crippen LogP contribution in [0.5, 0.6) is 0 Å². The van der Waals surface area contributed by atoms with Crippen LogP contribution < -0.4 is 20.4 Å². The number of hydrogen-bond acceptors (Lipinski definition) is 3. The highest BCUT2D eigenvalue weighted by atomic mass is 16.2. The fraction of sp³-hybridized carbons (Fsp3) is 0.222. The van der Waals surface area contributed by atoms with Crippen molar-refractivity contribution in [2.75, 3.05) is 34.8 Å². The van der Waals surface area contributed by atoms with Gasteiger partial charge in [0.1, 0.15) is 6.54 Å². The van der Waals surface area contributed by atoms with E-state index in [0.717, 1.165) is 29.7 Å². The predicted molar refractivity (Wildman–Crippen MR) is 134 cm³/mol. The van der Waals surface area contributed by atoms with E-state index < -0.39 is 6.03 Å². The fourth-order valence-electron chi connectivity index (χ4n) is 4.09. The Bertz CT molecular complexity index is 1180. The van der Waals surface area contributed by atoms with E-state index in [2.05, 4.69) is 10.6 Å². The minimum Gasteiger partial charge on any atom is -0.329 e. The average molecular weight is 457 g/mol. The quantitative estimate of drug-likeness (QED) is 0.585. The molecule has 7 heteroatoms. The number of nitrogens with one attached hydrogen (secondary N) is 2. The van der Waals surface area contributed by atoms with Gasteiger partial charge in [0.2, 0.25) is 11.8 Å². The van der Waals surface area contributed by atoms with Crippen molar-refractivity contribution < 1.29 is 14.4 Å². The number of anilines is 3. The second kappa shape index (κ2) is 10.7. The number of nitrogens with zero attached hydrogens (tertiary/aromatic N) is 2. The normalized spacial score (nSPS) is 12.4. The monoisotopic (exact) mass is 456 g/mol. The standard InChI is InChI=1S/C27H28N4O3/c1-20-9-7-12-22(17-20)29-27(34)28-18-25(32)31(23-13-3-2-4-14-23)19-26(33)30-16-8-11-21-10-5-6-15-24(21)30/h2-7,9-10,12-15,17H,8,11,16,18-19H2,1H3,(H2,28,29,34). The Kier molecular flexibility index (Phi) is 7.22. The molecule has 4 amide bonds. The predicted octanol–water partition coefficient (Wildman–Crippen LogP) is 4.13. The van der Waals surface area contributed by atoms with E-state index >= 15 is 0 Å². The number of benzene rings is 3. The van der Waals surface area contributed by atoms with Gasteiger partial charge in [0.15, 0.2) is 0 Å². The van der Waals surface area contributed by atoms with Gasteiger partial charge >= 0.3 is 6.03 Å². The Morgan fingerprint density at radius 1 is 0.941 bits per heavy atom. The first kappa shape index (κ1) is 23.0. The molecule has 0 bridgehead atoms. The van der Waals surface area contributed by atoms with Crippen LogP contribution >= 0.6 is 0 Å². The topological polar surface area (TPSA) is 81.8 Å². The van der Waals surface area contributed by atoms with Crippen molar-refractivity contribution >= 4 is 34.9 Å². The molecule has 0 spiro atoms. The Labute approximate surface area is 199 Å². The first-order valence-corrected chi connectivity index (χ1v) is 11.4. The van der Waals surface area contributed by atoms with E-state index in [-0.39, 0.29) is 24.9 Å². The number of fused-ring (bicyclic) bond motifs is 1. The van der Waals surface area contributed by atoms with Crippen molar-refractivity contribution in [3.63, 3.8) is 0 Å². The minimum atomic E-state index is -0.483. The summed E-state index contributed by atoms with van der Waals surface area (Å²) in [6.07, 6.45) is 1.81. The molecule has 0 radical (unpaired) electrons. The van der Waals surface area contributed by atoms with Crippen molar-refractivity contribution in [1.82, 2.24) is 5.32 Å². The van der Waals surface area contributed by atoms with Crippen LogP contribution in [0.4, 0.5) is 21.9 Å². The zero-order valence-electron chi connectivity index (χ0n) is 19.2. The second-order valence-corrected chi connectivity index (χ2v) is 8.27. The van der Waals surface area contributed by atoms with E-state index in [1.165, 1.54) is 4.90 Å². The smallest absolute Gasteiger partial charge is 0.319 e. The highest BCUT2D eigenvalue weighted by molar-refractivity contribution is 6.05. The van der Waals surface area contributed by atoms with Crippen molar-refractivity contribution in [2.45, 2.75) is 19.8 Å². The third kappa shape index (κ3) is 5.61. The number of amides is 4. The molecule has 0 aliphatic carbocycles. The Morgan fingerprint density at radius 3 is 2.50 bits per heavy atom. The minimum absolute atomic E-state index is 0.113. The lowest BCUT2D eigenvalue weighted by Crippen LogP contribution is -2.48. The van der Waals surface area contributed by atoms with Crippen LogP contribution in [0.15, 0.2) is 78.9 Å². The number of carbonyl (C=O) groups is 3. The summed E-state index contributed by atoms with van der Waals surface area (Å²) in [7, 11) is 0. The summed E-state index contributed by atoms with van der Waals surface area (Å²) in [4.78, 5) is 41.9. The van der Waals surface area contributed by atoms with Crippen LogP contribution in [-0.4, -0.2) is 37.5 Å². The van der Waals surface area contributed by atoms with Gasteiger partial charge in [-0.15, -0.1) is 0 Å². The van der Waals surface area contributed by atoms with Gasteiger partial charge in [0, 0.05) is 23.6 Å². The van der Waals surface area contributed by atoms with Gasteiger partial charge in [-0.2, -0.15) is 0 Å². The van der Waals surface area contributed by atoms with E-state index in [9.17, 15) is 14.4 Å². The maximum Gasteiger partial charge on any atom is 0.319 e. The Balaban J connectivity index is 1.44. The molecule has 174 valence electrons. The van der Waals surface area contributed by atoms with Gasteiger partial charge < -0.3 is 20.4 Å². The molecule has 1 heterocycles. The zero-order valence-corrected chi connectivity index (χ0v) is 19.2. The highest BCUT2D eigenvalue weighted by Gasteiger charge is 2.26. The third-order valence-electron chi connectivity index (χ3n) is 5.75. The second-order valence-electron chi connectivity index (χ2n) is 8.27.